The normalized spacial score (nSPS) is 15.4. The van der Waals surface area contributed by atoms with Crippen molar-refractivity contribution in [1.82, 2.24) is 0 Å². The van der Waals surface area contributed by atoms with Gasteiger partial charge >= 0.3 is 0 Å². The molecule has 7 heteroatoms. The fourth-order valence-electron chi connectivity index (χ4n) is 2.39. The third kappa shape index (κ3) is 4.04. The highest BCUT2D eigenvalue weighted by molar-refractivity contribution is 9.10. The van der Waals surface area contributed by atoms with Crippen LogP contribution in [-0.2, 0) is 14.8 Å². The molecular formula is C16H17BrN2O3S. The molecule has 1 N–H and O–H groups in total. The van der Waals surface area contributed by atoms with E-state index >= 15 is 0 Å². The Morgan fingerprint density at radius 1 is 0.957 bits per heavy atom. The van der Waals surface area contributed by atoms with E-state index in [1.165, 1.54) is 0 Å². The van der Waals surface area contributed by atoms with Gasteiger partial charge in [-0.1, -0.05) is 15.9 Å². The quantitative estimate of drug-likeness (QED) is 0.862. The first-order valence-corrected chi connectivity index (χ1v) is 9.53. The maximum absolute atomic E-state index is 12.3. The Kier molecular flexibility index (Phi) is 4.89. The van der Waals surface area contributed by atoms with Crippen molar-refractivity contribution < 1.29 is 13.2 Å². The van der Waals surface area contributed by atoms with Gasteiger partial charge in [-0.25, -0.2) is 8.42 Å². The highest BCUT2D eigenvalue weighted by Gasteiger charge is 2.15. The van der Waals surface area contributed by atoms with Crippen molar-refractivity contribution in [2.24, 2.45) is 0 Å². The van der Waals surface area contributed by atoms with E-state index in [-0.39, 0.29) is 4.90 Å². The summed E-state index contributed by atoms with van der Waals surface area (Å²) in [6, 6.07) is 13.9. The van der Waals surface area contributed by atoms with Gasteiger partial charge in [0, 0.05) is 28.9 Å². The predicted molar refractivity (Wildman–Crippen MR) is 94.4 cm³/mol. The summed E-state index contributed by atoms with van der Waals surface area (Å²) >= 11 is 3.30. The van der Waals surface area contributed by atoms with Crippen molar-refractivity contribution in [2.45, 2.75) is 4.90 Å². The molecule has 0 unspecified atom stereocenters. The second-order valence-corrected chi connectivity index (χ2v) is 7.80. The topological polar surface area (TPSA) is 58.6 Å². The lowest BCUT2D eigenvalue weighted by molar-refractivity contribution is 0.122. The van der Waals surface area contributed by atoms with Gasteiger partial charge in [-0.15, -0.1) is 0 Å². The molecule has 0 saturated carbocycles. The summed E-state index contributed by atoms with van der Waals surface area (Å²) < 4.78 is 33.5. The van der Waals surface area contributed by atoms with Crippen LogP contribution >= 0.6 is 15.9 Å². The van der Waals surface area contributed by atoms with E-state index in [9.17, 15) is 8.42 Å². The minimum absolute atomic E-state index is 0.234. The second-order valence-electron chi connectivity index (χ2n) is 5.21. The number of halogens is 1. The molecule has 1 heterocycles. The van der Waals surface area contributed by atoms with Gasteiger partial charge in [0.2, 0.25) is 0 Å². The Bertz CT molecular complexity index is 755. The Morgan fingerprint density at radius 3 is 2.17 bits per heavy atom. The number of anilines is 2. The summed E-state index contributed by atoms with van der Waals surface area (Å²) in [5.41, 5.74) is 1.62. The van der Waals surface area contributed by atoms with Crippen molar-refractivity contribution in [1.29, 1.82) is 0 Å². The van der Waals surface area contributed by atoms with Crippen molar-refractivity contribution >= 4 is 37.3 Å². The zero-order chi connectivity index (χ0) is 16.3. The first-order valence-electron chi connectivity index (χ1n) is 7.26. The zero-order valence-corrected chi connectivity index (χ0v) is 14.8. The van der Waals surface area contributed by atoms with Crippen molar-refractivity contribution in [3.63, 3.8) is 0 Å². The number of hydrogen-bond donors (Lipinski definition) is 1. The molecule has 0 spiro atoms. The standard InChI is InChI=1S/C16H17BrN2O3S/c17-13-1-7-16(8-2-13)23(20,21)18-14-3-5-15(6-4-14)19-9-11-22-12-10-19/h1-8,18H,9-12H2. The molecule has 0 bridgehead atoms. The van der Waals surface area contributed by atoms with Crippen LogP contribution in [0.1, 0.15) is 0 Å². The maximum atomic E-state index is 12.3. The molecule has 1 aliphatic heterocycles. The molecule has 3 rings (SSSR count). The highest BCUT2D eigenvalue weighted by Crippen LogP contribution is 2.22. The average molecular weight is 397 g/mol. The van der Waals surface area contributed by atoms with Crippen molar-refractivity contribution in [2.75, 3.05) is 35.9 Å². The van der Waals surface area contributed by atoms with Crippen LogP contribution in [0.2, 0.25) is 0 Å². The summed E-state index contributed by atoms with van der Waals surface area (Å²) in [6.07, 6.45) is 0. The first kappa shape index (κ1) is 16.3. The number of benzene rings is 2. The molecule has 0 aromatic heterocycles. The number of rotatable bonds is 4. The zero-order valence-electron chi connectivity index (χ0n) is 12.4. The molecule has 0 aliphatic carbocycles. The average Bonchev–Trinajstić information content (AvgIpc) is 2.56. The van der Waals surface area contributed by atoms with E-state index < -0.39 is 10.0 Å². The minimum atomic E-state index is -3.57. The van der Waals surface area contributed by atoms with Crippen LogP contribution in [0.25, 0.3) is 0 Å². The molecule has 122 valence electrons. The van der Waals surface area contributed by atoms with E-state index in [1.54, 1.807) is 36.4 Å². The summed E-state index contributed by atoms with van der Waals surface area (Å²) in [6.45, 7) is 3.14. The van der Waals surface area contributed by atoms with Crippen LogP contribution < -0.4 is 9.62 Å². The van der Waals surface area contributed by atoms with Crippen LogP contribution in [0.3, 0.4) is 0 Å². The molecular weight excluding hydrogens is 380 g/mol. The van der Waals surface area contributed by atoms with Crippen LogP contribution in [0.4, 0.5) is 11.4 Å². The van der Waals surface area contributed by atoms with Crippen LogP contribution in [0, 0.1) is 0 Å². The van der Waals surface area contributed by atoms with Gasteiger partial charge in [0.1, 0.15) is 0 Å². The molecule has 23 heavy (non-hydrogen) atoms. The molecule has 1 fully saturated rings. The third-order valence-corrected chi connectivity index (χ3v) is 5.55. The smallest absolute Gasteiger partial charge is 0.261 e. The van der Waals surface area contributed by atoms with Crippen LogP contribution in [0.5, 0.6) is 0 Å². The van der Waals surface area contributed by atoms with E-state index in [4.69, 9.17) is 4.74 Å². The van der Waals surface area contributed by atoms with Gasteiger partial charge in [0.25, 0.3) is 10.0 Å². The predicted octanol–water partition coefficient (Wildman–Crippen LogP) is 3.09. The number of nitrogens with one attached hydrogen (secondary N) is 1. The Morgan fingerprint density at radius 2 is 1.57 bits per heavy atom. The molecule has 1 aliphatic rings. The van der Waals surface area contributed by atoms with Crippen LogP contribution in [0.15, 0.2) is 57.9 Å². The minimum Gasteiger partial charge on any atom is -0.378 e. The maximum Gasteiger partial charge on any atom is 0.261 e. The number of hydrogen-bond acceptors (Lipinski definition) is 4. The number of sulfonamides is 1. The van der Waals surface area contributed by atoms with Gasteiger partial charge in [-0.3, -0.25) is 4.72 Å². The summed E-state index contributed by atoms with van der Waals surface area (Å²) in [5, 5.41) is 0. The number of nitrogens with zero attached hydrogens (tertiary/aromatic N) is 1. The third-order valence-electron chi connectivity index (χ3n) is 3.62. The highest BCUT2D eigenvalue weighted by atomic mass is 79.9. The Balaban J connectivity index is 1.73. The molecule has 5 nitrogen and oxygen atoms in total. The van der Waals surface area contributed by atoms with Gasteiger partial charge < -0.3 is 9.64 Å². The first-order chi connectivity index (χ1) is 11.0. The summed E-state index contributed by atoms with van der Waals surface area (Å²) in [7, 11) is -3.57. The Hall–Kier alpha value is -1.57. The van der Waals surface area contributed by atoms with Crippen molar-refractivity contribution in [3.8, 4) is 0 Å². The fourth-order valence-corrected chi connectivity index (χ4v) is 3.71. The van der Waals surface area contributed by atoms with Gasteiger partial charge in [-0.05, 0) is 48.5 Å². The van der Waals surface area contributed by atoms with Gasteiger partial charge in [-0.2, -0.15) is 0 Å². The lowest BCUT2D eigenvalue weighted by atomic mass is 10.2. The SMILES string of the molecule is O=S(=O)(Nc1ccc(N2CCOCC2)cc1)c1ccc(Br)cc1. The lowest BCUT2D eigenvalue weighted by Crippen LogP contribution is -2.36. The van der Waals surface area contributed by atoms with Crippen molar-refractivity contribution in [3.05, 3.63) is 53.0 Å². The fraction of sp³-hybridized carbons (Fsp3) is 0.250. The largest absolute Gasteiger partial charge is 0.378 e. The van der Waals surface area contributed by atoms with Gasteiger partial charge in [0.05, 0.1) is 18.1 Å². The Labute approximate surface area is 144 Å². The summed E-state index contributed by atoms with van der Waals surface area (Å²) in [5.74, 6) is 0. The van der Waals surface area contributed by atoms with E-state index in [0.717, 1.165) is 36.5 Å². The second kappa shape index (κ2) is 6.90. The van der Waals surface area contributed by atoms with Gasteiger partial charge in [0.15, 0.2) is 0 Å². The molecule has 2 aromatic rings. The number of morpholine rings is 1. The van der Waals surface area contributed by atoms with E-state index in [2.05, 4.69) is 25.6 Å². The molecule has 2 aromatic carbocycles. The molecule has 0 amide bonds. The molecule has 1 saturated heterocycles. The molecule has 0 atom stereocenters. The summed E-state index contributed by atoms with van der Waals surface area (Å²) in [4.78, 5) is 2.45. The van der Waals surface area contributed by atoms with Crippen LogP contribution in [-0.4, -0.2) is 34.7 Å². The van der Waals surface area contributed by atoms with E-state index in [0.29, 0.717) is 5.69 Å². The van der Waals surface area contributed by atoms with E-state index in [1.807, 2.05) is 12.1 Å². The monoisotopic (exact) mass is 396 g/mol. The lowest BCUT2D eigenvalue weighted by Gasteiger charge is -2.28. The number of ether oxygens (including phenoxy) is 1. The molecule has 0 radical (unpaired) electrons.